The minimum atomic E-state index is -0.605. The standard InChI is InChI=1S/C24H23ClN6O4/c1-33-24(8-2-3-9-24)23-28-21(29-35-23)18-20-22(32)30(12-14-5-4-10-34-14)19-15(11-26)16(25)6-7-17(19)31(20)13-27-18/h6-7,13-14H,2-5,8-10,12H2,1H3. The number of nitrogens with zero attached hydrogens (tertiary/aromatic N) is 6. The molecule has 1 unspecified atom stereocenters. The first-order valence-corrected chi connectivity index (χ1v) is 12.1. The molecule has 6 rings (SSSR count). The predicted octanol–water partition coefficient (Wildman–Crippen LogP) is 3.82. The van der Waals surface area contributed by atoms with Crippen molar-refractivity contribution < 1.29 is 14.0 Å². The molecule has 0 spiro atoms. The van der Waals surface area contributed by atoms with E-state index >= 15 is 0 Å². The highest BCUT2D eigenvalue weighted by Gasteiger charge is 2.41. The first-order valence-electron chi connectivity index (χ1n) is 11.7. The molecule has 1 aliphatic carbocycles. The van der Waals surface area contributed by atoms with Crippen LogP contribution in [0, 0.1) is 11.3 Å². The van der Waals surface area contributed by atoms with Crippen LogP contribution in [-0.4, -0.2) is 43.9 Å². The minimum absolute atomic E-state index is 0.129. The zero-order valence-corrected chi connectivity index (χ0v) is 19.9. The van der Waals surface area contributed by atoms with E-state index in [0.29, 0.717) is 41.3 Å². The van der Waals surface area contributed by atoms with E-state index in [0.717, 1.165) is 38.5 Å². The number of hydrogen-bond acceptors (Lipinski definition) is 8. The van der Waals surface area contributed by atoms with Crippen molar-refractivity contribution in [3.05, 3.63) is 45.3 Å². The molecule has 11 heteroatoms. The second-order valence-electron chi connectivity index (χ2n) is 9.09. The Bertz CT molecular complexity index is 1540. The zero-order valence-electron chi connectivity index (χ0n) is 19.2. The molecular weight excluding hydrogens is 472 g/mol. The van der Waals surface area contributed by atoms with Gasteiger partial charge in [0.2, 0.25) is 5.82 Å². The van der Waals surface area contributed by atoms with E-state index in [-0.39, 0.29) is 28.1 Å². The molecule has 180 valence electrons. The zero-order chi connectivity index (χ0) is 24.2. The number of rotatable bonds is 5. The molecule has 3 aromatic heterocycles. The maximum Gasteiger partial charge on any atom is 0.277 e. The van der Waals surface area contributed by atoms with Gasteiger partial charge in [-0.3, -0.25) is 9.20 Å². The van der Waals surface area contributed by atoms with Gasteiger partial charge in [-0.2, -0.15) is 10.2 Å². The predicted molar refractivity (Wildman–Crippen MR) is 126 cm³/mol. The fourth-order valence-corrected chi connectivity index (χ4v) is 5.58. The normalized spacial score (nSPS) is 19.6. The highest BCUT2D eigenvalue weighted by atomic mass is 35.5. The Morgan fingerprint density at radius 3 is 2.83 bits per heavy atom. The maximum absolute atomic E-state index is 13.9. The first kappa shape index (κ1) is 22.2. The summed E-state index contributed by atoms with van der Waals surface area (Å²) in [5.74, 6) is 0.619. The molecule has 0 bridgehead atoms. The number of ether oxygens (including phenoxy) is 2. The smallest absolute Gasteiger partial charge is 0.277 e. The van der Waals surface area contributed by atoms with Crippen LogP contribution in [0.5, 0.6) is 0 Å². The van der Waals surface area contributed by atoms with E-state index in [1.807, 2.05) is 0 Å². The average molecular weight is 495 g/mol. The van der Waals surface area contributed by atoms with Gasteiger partial charge in [-0.15, -0.1) is 0 Å². The Balaban J connectivity index is 1.58. The van der Waals surface area contributed by atoms with E-state index in [1.54, 1.807) is 28.2 Å². The average Bonchev–Trinajstić information content (AvgIpc) is 3.67. The number of fused-ring (bicyclic) bond motifs is 3. The van der Waals surface area contributed by atoms with Crippen molar-refractivity contribution in [2.24, 2.45) is 0 Å². The van der Waals surface area contributed by atoms with Crippen LogP contribution < -0.4 is 5.56 Å². The molecule has 2 fully saturated rings. The Morgan fingerprint density at radius 1 is 1.29 bits per heavy atom. The Labute approximate surface area is 205 Å². The van der Waals surface area contributed by atoms with Crippen molar-refractivity contribution in [3.63, 3.8) is 0 Å². The lowest BCUT2D eigenvalue weighted by molar-refractivity contribution is -0.0342. The highest BCUT2D eigenvalue weighted by Crippen LogP contribution is 2.41. The molecule has 2 aliphatic rings. The van der Waals surface area contributed by atoms with Gasteiger partial charge in [0.15, 0.2) is 0 Å². The number of nitriles is 1. The third-order valence-electron chi connectivity index (χ3n) is 7.20. The van der Waals surface area contributed by atoms with Crippen LogP contribution in [0.2, 0.25) is 5.02 Å². The number of methoxy groups -OCH3 is 1. The van der Waals surface area contributed by atoms with Crippen LogP contribution in [0.15, 0.2) is 27.8 Å². The van der Waals surface area contributed by atoms with Crippen LogP contribution in [0.4, 0.5) is 0 Å². The summed E-state index contributed by atoms with van der Waals surface area (Å²) in [5.41, 5.74) is 0.999. The monoisotopic (exact) mass is 494 g/mol. The maximum atomic E-state index is 13.9. The summed E-state index contributed by atoms with van der Waals surface area (Å²) in [5, 5.41) is 14.3. The number of benzene rings is 1. The van der Waals surface area contributed by atoms with Crippen molar-refractivity contribution >= 4 is 28.2 Å². The molecule has 1 saturated heterocycles. The van der Waals surface area contributed by atoms with Crippen molar-refractivity contribution in [2.75, 3.05) is 13.7 Å². The minimum Gasteiger partial charge on any atom is -0.376 e. The SMILES string of the molecule is COC1(c2nc(-c3ncn4c3c(=O)n(CC3CCCO3)c3c(C#N)c(Cl)ccc34)no2)CCCC1. The van der Waals surface area contributed by atoms with Crippen molar-refractivity contribution in [1.82, 2.24) is 24.1 Å². The molecule has 0 radical (unpaired) electrons. The highest BCUT2D eigenvalue weighted by molar-refractivity contribution is 6.32. The quantitative estimate of drug-likeness (QED) is 0.410. The summed E-state index contributed by atoms with van der Waals surface area (Å²) in [4.78, 5) is 23.0. The summed E-state index contributed by atoms with van der Waals surface area (Å²) >= 11 is 6.35. The molecular formula is C24H23ClN6O4. The van der Waals surface area contributed by atoms with Gasteiger partial charge >= 0.3 is 0 Å². The fraction of sp³-hybridized carbons (Fsp3) is 0.458. The van der Waals surface area contributed by atoms with Crippen LogP contribution in [0.25, 0.3) is 28.1 Å². The van der Waals surface area contributed by atoms with E-state index in [2.05, 4.69) is 21.2 Å². The summed E-state index contributed by atoms with van der Waals surface area (Å²) in [6, 6.07) is 5.59. The van der Waals surface area contributed by atoms with Crippen molar-refractivity contribution in [1.29, 1.82) is 5.26 Å². The molecule has 10 nitrogen and oxygen atoms in total. The van der Waals surface area contributed by atoms with Gasteiger partial charge in [-0.25, -0.2) is 4.98 Å². The van der Waals surface area contributed by atoms with Crippen LogP contribution in [0.3, 0.4) is 0 Å². The van der Waals surface area contributed by atoms with E-state index in [4.69, 9.17) is 25.6 Å². The molecule has 1 aliphatic heterocycles. The number of imidazole rings is 1. The van der Waals surface area contributed by atoms with E-state index in [1.165, 1.54) is 6.33 Å². The molecule has 4 aromatic rings. The molecule has 1 aromatic carbocycles. The Hall–Kier alpha value is -3.26. The van der Waals surface area contributed by atoms with Gasteiger partial charge < -0.3 is 18.6 Å². The first-order chi connectivity index (χ1) is 17.1. The van der Waals surface area contributed by atoms with Gasteiger partial charge in [-0.1, -0.05) is 16.8 Å². The van der Waals surface area contributed by atoms with Gasteiger partial charge in [0.05, 0.1) is 34.3 Å². The summed E-state index contributed by atoms with van der Waals surface area (Å²) in [6.07, 6.45) is 6.80. The second kappa shape index (κ2) is 8.45. The third kappa shape index (κ3) is 3.37. The molecule has 0 N–H and O–H groups in total. The second-order valence-corrected chi connectivity index (χ2v) is 9.50. The summed E-state index contributed by atoms with van der Waals surface area (Å²) in [7, 11) is 1.65. The largest absolute Gasteiger partial charge is 0.376 e. The van der Waals surface area contributed by atoms with Crippen LogP contribution >= 0.6 is 11.6 Å². The van der Waals surface area contributed by atoms with Gasteiger partial charge in [0.25, 0.3) is 11.4 Å². The molecule has 1 atom stereocenters. The van der Waals surface area contributed by atoms with E-state index in [9.17, 15) is 10.1 Å². The summed E-state index contributed by atoms with van der Waals surface area (Å²) in [6.45, 7) is 0.950. The number of hydrogen-bond donors (Lipinski definition) is 0. The van der Waals surface area contributed by atoms with Gasteiger partial charge in [0.1, 0.15) is 29.2 Å². The van der Waals surface area contributed by atoms with Gasteiger partial charge in [0, 0.05) is 13.7 Å². The van der Waals surface area contributed by atoms with Crippen LogP contribution in [0.1, 0.15) is 50.0 Å². The third-order valence-corrected chi connectivity index (χ3v) is 7.52. The topological polar surface area (TPSA) is 120 Å². The van der Waals surface area contributed by atoms with E-state index < -0.39 is 5.60 Å². The number of aromatic nitrogens is 5. The van der Waals surface area contributed by atoms with Crippen LogP contribution in [-0.2, 0) is 21.6 Å². The lowest BCUT2D eigenvalue weighted by atomic mass is 10.0. The molecule has 4 heterocycles. The Kier molecular flexibility index (Phi) is 5.36. The van der Waals surface area contributed by atoms with Crippen molar-refractivity contribution in [2.45, 2.75) is 56.8 Å². The molecule has 1 saturated carbocycles. The Morgan fingerprint density at radius 2 is 2.11 bits per heavy atom. The molecule has 0 amide bonds. The summed E-state index contributed by atoms with van der Waals surface area (Å²) < 4.78 is 20.4. The lowest BCUT2D eigenvalue weighted by Crippen LogP contribution is -2.29. The molecule has 35 heavy (non-hydrogen) atoms. The van der Waals surface area contributed by atoms with Gasteiger partial charge in [-0.05, 0) is 50.7 Å². The lowest BCUT2D eigenvalue weighted by Gasteiger charge is -2.21. The number of halogens is 1. The van der Waals surface area contributed by atoms with Crippen molar-refractivity contribution in [3.8, 4) is 17.6 Å². The fourth-order valence-electron chi connectivity index (χ4n) is 5.38.